The van der Waals surface area contributed by atoms with Crippen molar-refractivity contribution >= 4 is 5.91 Å². The maximum absolute atomic E-state index is 13.1. The van der Waals surface area contributed by atoms with Gasteiger partial charge in [0, 0.05) is 36.7 Å². The number of amides is 1. The molecule has 122 valence electrons. The van der Waals surface area contributed by atoms with E-state index >= 15 is 0 Å². The van der Waals surface area contributed by atoms with Gasteiger partial charge in [-0.3, -0.25) is 4.79 Å². The molecule has 1 aromatic heterocycles. The maximum atomic E-state index is 13.1. The standard InChI is InChI=1S/C18H22FN3O/c1-12-10-17(18(23)21(3)16-8-9-20-11-16)13(2)22(12)15-6-4-14(19)5-7-15/h4-7,10,16,20H,8-9,11H2,1-3H3. The maximum Gasteiger partial charge on any atom is 0.255 e. The molecule has 1 N–H and O–H groups in total. The molecule has 1 unspecified atom stereocenters. The van der Waals surface area contributed by atoms with Crippen LogP contribution in [0, 0.1) is 19.7 Å². The number of nitrogens with one attached hydrogen (secondary N) is 1. The molecule has 0 aliphatic carbocycles. The first-order valence-corrected chi connectivity index (χ1v) is 7.92. The lowest BCUT2D eigenvalue weighted by Gasteiger charge is -2.23. The van der Waals surface area contributed by atoms with Crippen LogP contribution in [0.15, 0.2) is 30.3 Å². The Balaban J connectivity index is 1.93. The summed E-state index contributed by atoms with van der Waals surface area (Å²) in [7, 11) is 1.87. The smallest absolute Gasteiger partial charge is 0.255 e. The zero-order chi connectivity index (χ0) is 16.6. The molecule has 3 rings (SSSR count). The van der Waals surface area contributed by atoms with Crippen molar-refractivity contribution < 1.29 is 9.18 Å². The summed E-state index contributed by atoms with van der Waals surface area (Å²) < 4.78 is 15.1. The number of halogens is 1. The Hall–Kier alpha value is -2.14. The molecule has 2 heterocycles. The molecular formula is C18H22FN3O. The Kier molecular flexibility index (Phi) is 4.22. The lowest BCUT2D eigenvalue weighted by Crippen LogP contribution is -2.38. The number of aryl methyl sites for hydroxylation is 1. The largest absolute Gasteiger partial charge is 0.337 e. The van der Waals surface area contributed by atoms with E-state index in [1.54, 1.807) is 12.1 Å². The van der Waals surface area contributed by atoms with Gasteiger partial charge in [-0.1, -0.05) is 0 Å². The van der Waals surface area contributed by atoms with Crippen LogP contribution in [0.25, 0.3) is 5.69 Å². The van der Waals surface area contributed by atoms with Gasteiger partial charge in [-0.15, -0.1) is 0 Å². The van der Waals surface area contributed by atoms with Crippen LogP contribution in [0.3, 0.4) is 0 Å². The second kappa shape index (κ2) is 6.16. The lowest BCUT2D eigenvalue weighted by molar-refractivity contribution is 0.0743. The zero-order valence-corrected chi connectivity index (χ0v) is 13.8. The topological polar surface area (TPSA) is 37.3 Å². The summed E-state index contributed by atoms with van der Waals surface area (Å²) in [5.74, 6) is -0.221. The van der Waals surface area contributed by atoms with Gasteiger partial charge < -0.3 is 14.8 Å². The Morgan fingerprint density at radius 3 is 2.61 bits per heavy atom. The molecule has 1 aliphatic heterocycles. The van der Waals surface area contributed by atoms with Gasteiger partial charge in [0.2, 0.25) is 0 Å². The van der Waals surface area contributed by atoms with Gasteiger partial charge in [0.15, 0.2) is 0 Å². The fraction of sp³-hybridized carbons (Fsp3) is 0.389. The molecule has 5 heteroatoms. The molecule has 0 spiro atoms. The minimum atomic E-state index is -0.263. The van der Waals surface area contributed by atoms with E-state index < -0.39 is 0 Å². The van der Waals surface area contributed by atoms with Crippen LogP contribution in [0.4, 0.5) is 4.39 Å². The van der Waals surface area contributed by atoms with E-state index in [2.05, 4.69) is 5.32 Å². The third kappa shape index (κ3) is 2.88. The summed E-state index contributed by atoms with van der Waals surface area (Å²) in [6, 6.07) is 8.50. The second-order valence-corrected chi connectivity index (χ2v) is 6.16. The van der Waals surface area contributed by atoms with Gasteiger partial charge in [-0.2, -0.15) is 0 Å². The Labute approximate surface area is 135 Å². The van der Waals surface area contributed by atoms with Crippen molar-refractivity contribution in [1.82, 2.24) is 14.8 Å². The predicted octanol–water partition coefficient (Wildman–Crippen LogP) is 2.67. The van der Waals surface area contributed by atoms with Crippen LogP contribution in [-0.4, -0.2) is 41.6 Å². The number of hydrogen-bond acceptors (Lipinski definition) is 2. The van der Waals surface area contributed by atoms with Gasteiger partial charge in [-0.05, 0) is 57.1 Å². The number of carbonyl (C=O) groups is 1. The SMILES string of the molecule is Cc1cc(C(=O)N(C)C2CCNC2)c(C)n1-c1ccc(F)cc1. The molecule has 1 amide bonds. The predicted molar refractivity (Wildman–Crippen MR) is 88.6 cm³/mol. The Bertz CT molecular complexity index is 715. The third-order valence-electron chi connectivity index (χ3n) is 4.65. The number of likely N-dealkylation sites (N-methyl/N-ethyl adjacent to an activating group) is 1. The van der Waals surface area contributed by atoms with E-state index in [4.69, 9.17) is 0 Å². The highest BCUT2D eigenvalue weighted by atomic mass is 19.1. The average Bonchev–Trinajstić information content (AvgIpc) is 3.16. The van der Waals surface area contributed by atoms with E-state index in [-0.39, 0.29) is 17.8 Å². The van der Waals surface area contributed by atoms with Crippen molar-refractivity contribution in [2.24, 2.45) is 0 Å². The highest BCUT2D eigenvalue weighted by molar-refractivity contribution is 5.96. The fourth-order valence-corrected chi connectivity index (χ4v) is 3.29. The first kappa shape index (κ1) is 15.7. The Morgan fingerprint density at radius 1 is 1.30 bits per heavy atom. The van der Waals surface area contributed by atoms with Crippen molar-refractivity contribution in [1.29, 1.82) is 0 Å². The summed E-state index contributed by atoms with van der Waals surface area (Å²) in [5.41, 5.74) is 3.43. The van der Waals surface area contributed by atoms with E-state index in [0.717, 1.165) is 36.6 Å². The number of rotatable bonds is 3. The van der Waals surface area contributed by atoms with Crippen molar-refractivity contribution in [2.75, 3.05) is 20.1 Å². The van der Waals surface area contributed by atoms with E-state index in [1.807, 2.05) is 36.4 Å². The molecular weight excluding hydrogens is 293 g/mol. The van der Waals surface area contributed by atoms with Crippen molar-refractivity contribution in [2.45, 2.75) is 26.3 Å². The van der Waals surface area contributed by atoms with Gasteiger partial charge >= 0.3 is 0 Å². The molecule has 1 saturated heterocycles. The van der Waals surface area contributed by atoms with E-state index in [1.165, 1.54) is 12.1 Å². The van der Waals surface area contributed by atoms with Crippen LogP contribution < -0.4 is 5.32 Å². The Morgan fingerprint density at radius 2 is 2.00 bits per heavy atom. The monoisotopic (exact) mass is 315 g/mol. The molecule has 1 aliphatic rings. The summed E-state index contributed by atoms with van der Waals surface area (Å²) in [5, 5.41) is 3.29. The number of aromatic nitrogens is 1. The highest BCUT2D eigenvalue weighted by Crippen LogP contribution is 2.23. The normalized spacial score (nSPS) is 17.5. The van der Waals surface area contributed by atoms with Crippen LogP contribution in [-0.2, 0) is 0 Å². The molecule has 0 bridgehead atoms. The van der Waals surface area contributed by atoms with Gasteiger partial charge in [-0.25, -0.2) is 4.39 Å². The molecule has 1 aromatic carbocycles. The number of benzene rings is 1. The van der Waals surface area contributed by atoms with Crippen LogP contribution in [0.1, 0.15) is 28.2 Å². The second-order valence-electron chi connectivity index (χ2n) is 6.16. The average molecular weight is 315 g/mol. The number of carbonyl (C=O) groups excluding carboxylic acids is 1. The molecule has 0 radical (unpaired) electrons. The molecule has 2 aromatic rings. The first-order chi connectivity index (χ1) is 11.0. The first-order valence-electron chi connectivity index (χ1n) is 7.92. The summed E-state index contributed by atoms with van der Waals surface area (Å²) in [4.78, 5) is 14.7. The number of nitrogens with zero attached hydrogens (tertiary/aromatic N) is 2. The summed E-state index contributed by atoms with van der Waals surface area (Å²) in [6.45, 7) is 5.70. The quantitative estimate of drug-likeness (QED) is 0.945. The molecule has 23 heavy (non-hydrogen) atoms. The number of hydrogen-bond donors (Lipinski definition) is 1. The van der Waals surface area contributed by atoms with Crippen molar-refractivity contribution in [3.63, 3.8) is 0 Å². The zero-order valence-electron chi connectivity index (χ0n) is 13.8. The van der Waals surface area contributed by atoms with E-state index in [0.29, 0.717) is 5.56 Å². The van der Waals surface area contributed by atoms with Crippen molar-refractivity contribution in [3.05, 3.63) is 53.1 Å². The minimum Gasteiger partial charge on any atom is -0.337 e. The van der Waals surface area contributed by atoms with Gasteiger partial charge in [0.1, 0.15) is 5.82 Å². The summed E-state index contributed by atoms with van der Waals surface area (Å²) in [6.07, 6.45) is 0.985. The van der Waals surface area contributed by atoms with Crippen molar-refractivity contribution in [3.8, 4) is 5.69 Å². The van der Waals surface area contributed by atoms with Crippen LogP contribution in [0.5, 0.6) is 0 Å². The van der Waals surface area contributed by atoms with Crippen LogP contribution >= 0.6 is 0 Å². The molecule has 1 atom stereocenters. The minimum absolute atomic E-state index is 0.0418. The lowest BCUT2D eigenvalue weighted by atomic mass is 10.1. The van der Waals surface area contributed by atoms with E-state index in [9.17, 15) is 9.18 Å². The highest BCUT2D eigenvalue weighted by Gasteiger charge is 2.26. The third-order valence-corrected chi connectivity index (χ3v) is 4.65. The molecule has 4 nitrogen and oxygen atoms in total. The molecule has 0 saturated carbocycles. The fourth-order valence-electron chi connectivity index (χ4n) is 3.29. The van der Waals surface area contributed by atoms with Gasteiger partial charge in [0.05, 0.1) is 5.56 Å². The summed E-state index contributed by atoms with van der Waals surface area (Å²) >= 11 is 0. The van der Waals surface area contributed by atoms with Gasteiger partial charge in [0.25, 0.3) is 5.91 Å². The van der Waals surface area contributed by atoms with Crippen LogP contribution in [0.2, 0.25) is 0 Å². The molecule has 1 fully saturated rings.